The number of hydrogen-bond acceptors (Lipinski definition) is 5. The van der Waals surface area contributed by atoms with E-state index in [1.165, 1.54) is 0 Å². The van der Waals surface area contributed by atoms with Gasteiger partial charge in [-0.1, -0.05) is 18.2 Å². The van der Waals surface area contributed by atoms with Gasteiger partial charge >= 0.3 is 0 Å². The van der Waals surface area contributed by atoms with Crippen LogP contribution in [0, 0.1) is 0 Å². The fourth-order valence-electron chi connectivity index (χ4n) is 2.54. The monoisotopic (exact) mass is 270 g/mol. The molecule has 0 saturated carbocycles. The number of nitrogens with zero attached hydrogens (tertiary/aromatic N) is 3. The molecule has 0 amide bonds. The molecule has 1 aromatic carbocycles. The third-order valence-electron chi connectivity index (χ3n) is 3.52. The number of benzene rings is 1. The molecule has 104 valence electrons. The summed E-state index contributed by atoms with van der Waals surface area (Å²) in [6.45, 7) is 1.65. The Morgan fingerprint density at radius 1 is 1.25 bits per heavy atom. The second kappa shape index (κ2) is 5.77. The van der Waals surface area contributed by atoms with Crippen molar-refractivity contribution in [1.29, 1.82) is 0 Å². The van der Waals surface area contributed by atoms with Crippen LogP contribution in [0.4, 0.5) is 11.8 Å². The first-order valence-corrected chi connectivity index (χ1v) is 6.86. The van der Waals surface area contributed by atoms with Crippen molar-refractivity contribution in [2.24, 2.45) is 0 Å². The fraction of sp³-hybridized carbons (Fsp3) is 0.333. The lowest BCUT2D eigenvalue weighted by Gasteiger charge is -2.25. The van der Waals surface area contributed by atoms with Gasteiger partial charge in [0.25, 0.3) is 0 Å². The summed E-state index contributed by atoms with van der Waals surface area (Å²) in [4.78, 5) is 10.5. The van der Waals surface area contributed by atoms with Gasteiger partial charge in [0.1, 0.15) is 18.2 Å². The summed E-state index contributed by atoms with van der Waals surface area (Å²) in [6.07, 6.45) is 3.95. The van der Waals surface area contributed by atoms with Crippen LogP contribution in [0.3, 0.4) is 0 Å². The molecular formula is C15H18N4O. The smallest absolute Gasteiger partial charge is 0.221 e. The Hall–Kier alpha value is -2.30. The number of rotatable bonds is 4. The van der Waals surface area contributed by atoms with Crippen molar-refractivity contribution in [2.45, 2.75) is 18.9 Å². The lowest BCUT2D eigenvalue weighted by Crippen LogP contribution is -2.34. The van der Waals surface area contributed by atoms with Crippen LogP contribution >= 0.6 is 0 Å². The summed E-state index contributed by atoms with van der Waals surface area (Å²) >= 11 is 0. The summed E-state index contributed by atoms with van der Waals surface area (Å²) in [6, 6.07) is 12.1. The molecule has 1 fully saturated rings. The first-order chi connectivity index (χ1) is 9.83. The molecular weight excluding hydrogens is 252 g/mol. The van der Waals surface area contributed by atoms with Gasteiger partial charge in [0.15, 0.2) is 0 Å². The highest BCUT2D eigenvalue weighted by molar-refractivity contribution is 5.43. The maximum Gasteiger partial charge on any atom is 0.221 e. The van der Waals surface area contributed by atoms with Crippen molar-refractivity contribution < 1.29 is 4.74 Å². The zero-order chi connectivity index (χ0) is 13.8. The molecule has 20 heavy (non-hydrogen) atoms. The zero-order valence-corrected chi connectivity index (χ0v) is 11.3. The fourth-order valence-corrected chi connectivity index (χ4v) is 2.54. The van der Waals surface area contributed by atoms with Gasteiger partial charge in [0, 0.05) is 12.7 Å². The standard InChI is InChI=1S/C15H18N4O/c16-15-17-9-8-14(18-15)19-10-4-5-12(19)11-20-13-6-2-1-3-7-13/h1-3,6-9,12H,4-5,10-11H2,(H2,16,17,18)/t12-/m0/s1. The highest BCUT2D eigenvalue weighted by Gasteiger charge is 2.26. The molecule has 0 spiro atoms. The minimum atomic E-state index is 0.317. The predicted octanol–water partition coefficient (Wildman–Crippen LogP) is 2.11. The Balaban J connectivity index is 1.67. The van der Waals surface area contributed by atoms with E-state index in [1.807, 2.05) is 36.4 Å². The van der Waals surface area contributed by atoms with Gasteiger partial charge in [-0.2, -0.15) is 4.98 Å². The van der Waals surface area contributed by atoms with Crippen LogP contribution in [0.2, 0.25) is 0 Å². The van der Waals surface area contributed by atoms with Crippen LogP contribution in [0.5, 0.6) is 5.75 Å². The number of ether oxygens (including phenoxy) is 1. The highest BCUT2D eigenvalue weighted by atomic mass is 16.5. The molecule has 1 aliphatic heterocycles. The van der Waals surface area contributed by atoms with E-state index in [4.69, 9.17) is 10.5 Å². The molecule has 0 radical (unpaired) electrons. The van der Waals surface area contributed by atoms with Crippen LogP contribution in [0.25, 0.3) is 0 Å². The van der Waals surface area contributed by atoms with Crippen LogP contribution in [-0.4, -0.2) is 29.2 Å². The Morgan fingerprint density at radius 3 is 2.90 bits per heavy atom. The summed E-state index contributed by atoms with van der Waals surface area (Å²) < 4.78 is 5.86. The average molecular weight is 270 g/mol. The number of nitrogens with two attached hydrogens (primary N) is 1. The van der Waals surface area contributed by atoms with Crippen molar-refractivity contribution in [3.05, 3.63) is 42.6 Å². The van der Waals surface area contributed by atoms with E-state index in [2.05, 4.69) is 14.9 Å². The predicted molar refractivity (Wildman–Crippen MR) is 78.7 cm³/mol. The van der Waals surface area contributed by atoms with E-state index < -0.39 is 0 Å². The topological polar surface area (TPSA) is 64.3 Å². The molecule has 0 bridgehead atoms. The van der Waals surface area contributed by atoms with Crippen molar-refractivity contribution in [3.63, 3.8) is 0 Å². The molecule has 2 N–H and O–H groups in total. The molecule has 0 unspecified atom stereocenters. The maximum atomic E-state index is 5.86. The summed E-state index contributed by atoms with van der Waals surface area (Å²) in [7, 11) is 0. The van der Waals surface area contributed by atoms with Crippen molar-refractivity contribution in [3.8, 4) is 5.75 Å². The lowest BCUT2D eigenvalue weighted by atomic mass is 10.2. The Morgan fingerprint density at radius 2 is 2.10 bits per heavy atom. The second-order valence-corrected chi connectivity index (χ2v) is 4.89. The van der Waals surface area contributed by atoms with Gasteiger partial charge in [-0.3, -0.25) is 0 Å². The van der Waals surface area contributed by atoms with Crippen molar-refractivity contribution >= 4 is 11.8 Å². The van der Waals surface area contributed by atoms with Crippen molar-refractivity contribution in [1.82, 2.24) is 9.97 Å². The van der Waals surface area contributed by atoms with E-state index in [-0.39, 0.29) is 0 Å². The molecule has 2 aromatic rings. The third kappa shape index (κ3) is 2.82. The van der Waals surface area contributed by atoms with Crippen LogP contribution < -0.4 is 15.4 Å². The number of anilines is 2. The van der Waals surface area contributed by atoms with Gasteiger partial charge in [0.05, 0.1) is 6.04 Å². The van der Waals surface area contributed by atoms with Gasteiger partial charge in [-0.05, 0) is 31.0 Å². The second-order valence-electron chi connectivity index (χ2n) is 4.89. The van der Waals surface area contributed by atoms with E-state index in [1.54, 1.807) is 6.20 Å². The lowest BCUT2D eigenvalue weighted by molar-refractivity contribution is 0.288. The van der Waals surface area contributed by atoms with Crippen molar-refractivity contribution in [2.75, 3.05) is 23.8 Å². The number of aromatic nitrogens is 2. The maximum absolute atomic E-state index is 5.86. The number of hydrogen-bond donors (Lipinski definition) is 1. The zero-order valence-electron chi connectivity index (χ0n) is 11.3. The minimum absolute atomic E-state index is 0.317. The largest absolute Gasteiger partial charge is 0.491 e. The van der Waals surface area contributed by atoms with Gasteiger partial charge in [-0.15, -0.1) is 0 Å². The third-order valence-corrected chi connectivity index (χ3v) is 3.52. The Labute approximate surface area is 118 Å². The molecule has 1 saturated heterocycles. The molecule has 1 aliphatic rings. The Bertz CT molecular complexity index is 561. The summed E-state index contributed by atoms with van der Waals surface area (Å²) in [5.41, 5.74) is 5.66. The van der Waals surface area contributed by atoms with Gasteiger partial charge < -0.3 is 15.4 Å². The molecule has 2 heterocycles. The van der Waals surface area contributed by atoms with E-state index in [0.29, 0.717) is 18.6 Å². The molecule has 5 heteroatoms. The van der Waals surface area contributed by atoms with E-state index in [0.717, 1.165) is 31.0 Å². The normalized spacial score (nSPS) is 18.2. The molecule has 0 aliphatic carbocycles. The summed E-state index contributed by atoms with van der Waals surface area (Å²) in [5, 5.41) is 0. The number of para-hydroxylation sites is 1. The molecule has 5 nitrogen and oxygen atoms in total. The highest BCUT2D eigenvalue weighted by Crippen LogP contribution is 2.24. The molecule has 3 rings (SSSR count). The SMILES string of the molecule is Nc1nccc(N2CCC[C@H]2COc2ccccc2)n1. The Kier molecular flexibility index (Phi) is 3.67. The summed E-state index contributed by atoms with van der Waals surface area (Å²) in [5.74, 6) is 2.11. The molecule has 1 atom stereocenters. The van der Waals surface area contributed by atoms with Gasteiger partial charge in [-0.25, -0.2) is 4.98 Å². The van der Waals surface area contributed by atoms with Crippen LogP contribution in [-0.2, 0) is 0 Å². The minimum Gasteiger partial charge on any atom is -0.491 e. The van der Waals surface area contributed by atoms with E-state index in [9.17, 15) is 0 Å². The average Bonchev–Trinajstić information content (AvgIpc) is 2.95. The van der Waals surface area contributed by atoms with Crippen LogP contribution in [0.1, 0.15) is 12.8 Å². The van der Waals surface area contributed by atoms with E-state index >= 15 is 0 Å². The van der Waals surface area contributed by atoms with Crippen LogP contribution in [0.15, 0.2) is 42.6 Å². The first-order valence-electron chi connectivity index (χ1n) is 6.86. The molecule has 1 aromatic heterocycles. The van der Waals surface area contributed by atoms with Gasteiger partial charge in [0.2, 0.25) is 5.95 Å². The first kappa shape index (κ1) is 12.7. The quantitative estimate of drug-likeness (QED) is 0.921. The number of nitrogen functional groups attached to an aromatic ring is 1.